The topological polar surface area (TPSA) is 74.8 Å². The smallest absolute Gasteiger partial charge is 0.285 e. The van der Waals surface area contributed by atoms with Crippen molar-refractivity contribution in [1.82, 2.24) is 4.90 Å². The van der Waals surface area contributed by atoms with Gasteiger partial charge in [0, 0.05) is 45.7 Å². The van der Waals surface area contributed by atoms with Crippen molar-refractivity contribution in [3.63, 3.8) is 0 Å². The molecule has 0 saturated carbocycles. The van der Waals surface area contributed by atoms with Crippen LogP contribution in [-0.2, 0) is 51.9 Å². The summed E-state index contributed by atoms with van der Waals surface area (Å²) in [7, 11) is 1.27. The fraction of sp³-hybridized carbons (Fsp3) is 0.148. The molecule has 2 saturated heterocycles. The summed E-state index contributed by atoms with van der Waals surface area (Å²) in [4.78, 5) is 51.3. The number of aryl methyl sites for hydroxylation is 1. The first-order valence-corrected chi connectivity index (χ1v) is 10.3. The zero-order chi connectivity index (χ0) is 22.6. The second-order valence-corrected chi connectivity index (χ2v) is 8.21. The Morgan fingerprint density at radius 2 is 1.09 bits per heavy atom. The number of hydrogen-bond acceptors (Lipinski definition) is 4. The molecule has 0 aliphatic carbocycles. The van der Waals surface area contributed by atoms with Crippen molar-refractivity contribution in [1.29, 1.82) is 0 Å². The number of imide groups is 2. The molecule has 0 bridgehead atoms. The molecule has 3 aromatic carbocycles. The number of hydrogen-bond donors (Lipinski definition) is 0. The molecule has 169 valence electrons. The molecule has 2 heterocycles. The second-order valence-electron chi connectivity index (χ2n) is 8.21. The predicted octanol–water partition coefficient (Wildman–Crippen LogP) is 3.48. The summed E-state index contributed by atoms with van der Waals surface area (Å²) in [6.07, 6.45) is 0. The Bertz CT molecular complexity index is 1240. The number of anilines is 1. The summed E-state index contributed by atoms with van der Waals surface area (Å²) in [6.45, 7) is 2.04. The van der Waals surface area contributed by atoms with E-state index < -0.39 is 29.0 Å². The standard InChI is InChI=1S/C26H20N2O4.CH3.Y/c1-16-8-10-18(11-9-16)21(17-6-4-3-5-7-17)19-12-14-20(15-13-19)28-24(31)26(25(28)32)22(29)27(2)23(26)30;;/h3-15,21H,1-2H3;1H3;/q;-1;. The Morgan fingerprint density at radius 1 is 0.647 bits per heavy atom. The zero-order valence-corrected chi connectivity index (χ0v) is 22.0. The molecule has 2 fully saturated rings. The van der Waals surface area contributed by atoms with E-state index >= 15 is 0 Å². The van der Waals surface area contributed by atoms with Gasteiger partial charge in [0.25, 0.3) is 29.0 Å². The Hall–Kier alpha value is -2.96. The van der Waals surface area contributed by atoms with E-state index in [0.29, 0.717) is 5.69 Å². The van der Waals surface area contributed by atoms with Gasteiger partial charge in [0.2, 0.25) is 0 Å². The molecule has 2 aliphatic rings. The molecule has 1 radical (unpaired) electrons. The average molecular weight is 528 g/mol. The van der Waals surface area contributed by atoms with Crippen LogP contribution in [0.5, 0.6) is 0 Å². The van der Waals surface area contributed by atoms with E-state index in [-0.39, 0.29) is 46.1 Å². The van der Waals surface area contributed by atoms with E-state index in [4.69, 9.17) is 0 Å². The molecule has 0 aromatic heterocycles. The van der Waals surface area contributed by atoms with Crippen LogP contribution in [0.2, 0.25) is 0 Å². The number of β-lactam (4-membered cyclic amide) rings is 4. The maximum absolute atomic E-state index is 12.7. The molecular weight excluding hydrogens is 505 g/mol. The van der Waals surface area contributed by atoms with Crippen LogP contribution in [-0.4, -0.2) is 35.6 Å². The van der Waals surface area contributed by atoms with Gasteiger partial charge in [-0.05, 0) is 35.7 Å². The molecule has 1 atom stereocenters. The van der Waals surface area contributed by atoms with Gasteiger partial charge in [-0.1, -0.05) is 72.3 Å². The molecule has 6 nitrogen and oxygen atoms in total. The van der Waals surface area contributed by atoms with E-state index in [1.807, 2.05) is 37.3 Å². The monoisotopic (exact) mass is 528 g/mol. The zero-order valence-electron chi connectivity index (χ0n) is 19.2. The summed E-state index contributed by atoms with van der Waals surface area (Å²) >= 11 is 0. The van der Waals surface area contributed by atoms with Crippen LogP contribution in [0, 0.1) is 19.8 Å². The summed E-state index contributed by atoms with van der Waals surface area (Å²) in [5.41, 5.74) is 2.60. The number of carbonyl (C=O) groups is 4. The molecule has 7 heteroatoms. The molecule has 34 heavy (non-hydrogen) atoms. The number of rotatable bonds is 4. The van der Waals surface area contributed by atoms with E-state index in [2.05, 4.69) is 36.4 Å². The Labute approximate surface area is 223 Å². The van der Waals surface area contributed by atoms with Crippen molar-refractivity contribution in [2.75, 3.05) is 11.9 Å². The van der Waals surface area contributed by atoms with Crippen LogP contribution in [0.4, 0.5) is 5.69 Å². The molecule has 1 spiro atoms. The van der Waals surface area contributed by atoms with Gasteiger partial charge in [0.1, 0.15) is 0 Å². The van der Waals surface area contributed by atoms with Crippen molar-refractivity contribution < 1.29 is 51.9 Å². The van der Waals surface area contributed by atoms with E-state index in [1.54, 1.807) is 12.1 Å². The third-order valence-electron chi connectivity index (χ3n) is 6.33. The second kappa shape index (κ2) is 9.36. The van der Waals surface area contributed by atoms with Gasteiger partial charge in [0.15, 0.2) is 0 Å². The van der Waals surface area contributed by atoms with Crippen LogP contribution < -0.4 is 4.90 Å². The number of likely N-dealkylation sites (tertiary alicyclic amines) is 1. The van der Waals surface area contributed by atoms with Crippen LogP contribution in [0.15, 0.2) is 78.9 Å². The Balaban J connectivity index is 0.00000162. The minimum atomic E-state index is -2.15. The van der Waals surface area contributed by atoms with Gasteiger partial charge in [-0.3, -0.25) is 24.1 Å². The van der Waals surface area contributed by atoms with Gasteiger partial charge < -0.3 is 7.43 Å². The summed E-state index contributed by atoms with van der Waals surface area (Å²) in [5.74, 6) is -3.09. The molecule has 3 aromatic rings. The SMILES string of the molecule is Cc1ccc(C(c2ccccc2)c2ccc(N3C(=O)C4(C(=O)N(C)C4=O)C3=O)cc2)cc1.[CH3-].[Y]. The number of carbonyl (C=O) groups excluding carboxylic acids is 4. The first-order valence-electron chi connectivity index (χ1n) is 10.3. The molecule has 2 aliphatic heterocycles. The third kappa shape index (κ3) is 3.48. The largest absolute Gasteiger partial charge is 0.358 e. The molecule has 1 unspecified atom stereocenters. The van der Waals surface area contributed by atoms with Crippen LogP contribution in [0.1, 0.15) is 28.2 Å². The minimum absolute atomic E-state index is 0. The van der Waals surface area contributed by atoms with Crippen molar-refractivity contribution in [3.05, 3.63) is 109 Å². The Kier molecular flexibility index (Phi) is 7.06. The maximum Gasteiger partial charge on any atom is 0.285 e. The summed E-state index contributed by atoms with van der Waals surface area (Å²) in [6, 6.07) is 25.5. The predicted molar refractivity (Wildman–Crippen MR) is 124 cm³/mol. The van der Waals surface area contributed by atoms with E-state index in [1.165, 1.54) is 12.6 Å². The van der Waals surface area contributed by atoms with Gasteiger partial charge >= 0.3 is 0 Å². The molecule has 5 rings (SSSR count). The molecular formula is C27H23N2O4Y-. The first-order chi connectivity index (χ1) is 15.4. The Morgan fingerprint density at radius 3 is 1.59 bits per heavy atom. The van der Waals surface area contributed by atoms with Gasteiger partial charge in [-0.2, -0.15) is 0 Å². The number of nitrogens with zero attached hydrogens (tertiary/aromatic N) is 2. The van der Waals surface area contributed by atoms with Crippen molar-refractivity contribution in [2.45, 2.75) is 12.8 Å². The average Bonchev–Trinajstić information content (AvgIpc) is 2.82. The van der Waals surface area contributed by atoms with Gasteiger partial charge in [0.05, 0.1) is 5.69 Å². The van der Waals surface area contributed by atoms with Gasteiger partial charge in [-0.25, -0.2) is 4.90 Å². The fourth-order valence-electron chi connectivity index (χ4n) is 4.50. The van der Waals surface area contributed by atoms with E-state index in [9.17, 15) is 19.2 Å². The van der Waals surface area contributed by atoms with Crippen molar-refractivity contribution >= 4 is 29.3 Å². The molecule has 4 amide bonds. The molecule has 0 N–H and O–H groups in total. The van der Waals surface area contributed by atoms with Crippen LogP contribution in [0.25, 0.3) is 0 Å². The number of amides is 4. The third-order valence-corrected chi connectivity index (χ3v) is 6.33. The number of benzene rings is 3. The first kappa shape index (κ1) is 25.7. The van der Waals surface area contributed by atoms with Crippen LogP contribution >= 0.6 is 0 Å². The van der Waals surface area contributed by atoms with E-state index in [0.717, 1.165) is 26.5 Å². The fourth-order valence-corrected chi connectivity index (χ4v) is 4.50. The summed E-state index contributed by atoms with van der Waals surface area (Å²) < 4.78 is 0. The minimum Gasteiger partial charge on any atom is -0.358 e. The van der Waals surface area contributed by atoms with Crippen LogP contribution in [0.3, 0.4) is 0 Å². The summed E-state index contributed by atoms with van der Waals surface area (Å²) in [5, 5.41) is 0. The normalized spacial score (nSPS) is 16.9. The maximum atomic E-state index is 12.7. The van der Waals surface area contributed by atoms with Crippen molar-refractivity contribution in [3.8, 4) is 0 Å². The van der Waals surface area contributed by atoms with Gasteiger partial charge in [-0.15, -0.1) is 0 Å². The van der Waals surface area contributed by atoms with Crippen molar-refractivity contribution in [2.24, 2.45) is 5.41 Å². The quantitative estimate of drug-likeness (QED) is 0.225.